The molecule has 2 aromatic rings. The van der Waals surface area contributed by atoms with Crippen molar-refractivity contribution in [1.82, 2.24) is 0 Å². The van der Waals surface area contributed by atoms with Crippen LogP contribution in [0.3, 0.4) is 0 Å². The van der Waals surface area contributed by atoms with Crippen molar-refractivity contribution in [3.8, 4) is 0 Å². The minimum atomic E-state index is -0.0459. The standard InChI is InChI=1S/C16H16O2/c1-11-9-14(16(17)18-11)10-13-7-4-6-12-5-2-3-8-15(12)13/h2-8,11,14H,9-10H2,1H3/t11-,14+/m0/s1. The molecule has 0 unspecified atom stereocenters. The first-order chi connectivity index (χ1) is 8.74. The van der Waals surface area contributed by atoms with Crippen LogP contribution >= 0.6 is 0 Å². The van der Waals surface area contributed by atoms with E-state index >= 15 is 0 Å². The van der Waals surface area contributed by atoms with Crippen LogP contribution in [0.5, 0.6) is 0 Å². The number of cyclic esters (lactones) is 1. The molecule has 1 saturated heterocycles. The van der Waals surface area contributed by atoms with Crippen molar-refractivity contribution in [3.63, 3.8) is 0 Å². The fourth-order valence-corrected chi connectivity index (χ4v) is 2.74. The summed E-state index contributed by atoms with van der Waals surface area (Å²) in [6.07, 6.45) is 1.68. The van der Waals surface area contributed by atoms with E-state index in [-0.39, 0.29) is 18.0 Å². The fraction of sp³-hybridized carbons (Fsp3) is 0.312. The van der Waals surface area contributed by atoms with Gasteiger partial charge < -0.3 is 4.74 Å². The molecule has 0 spiro atoms. The van der Waals surface area contributed by atoms with Gasteiger partial charge in [-0.15, -0.1) is 0 Å². The molecule has 0 N–H and O–H groups in total. The molecule has 2 atom stereocenters. The van der Waals surface area contributed by atoms with Crippen LogP contribution in [0, 0.1) is 5.92 Å². The summed E-state index contributed by atoms with van der Waals surface area (Å²) in [5, 5.41) is 2.47. The second-order valence-electron chi connectivity index (χ2n) is 5.02. The van der Waals surface area contributed by atoms with E-state index in [1.807, 2.05) is 19.1 Å². The van der Waals surface area contributed by atoms with Crippen molar-refractivity contribution in [2.75, 3.05) is 0 Å². The zero-order valence-electron chi connectivity index (χ0n) is 10.4. The Kier molecular flexibility index (Phi) is 2.78. The lowest BCUT2D eigenvalue weighted by Gasteiger charge is -2.09. The van der Waals surface area contributed by atoms with Gasteiger partial charge in [-0.25, -0.2) is 0 Å². The predicted octanol–water partition coefficient (Wildman–Crippen LogP) is 3.33. The third kappa shape index (κ3) is 1.99. The molecule has 3 rings (SSSR count). The summed E-state index contributed by atoms with van der Waals surface area (Å²) >= 11 is 0. The summed E-state index contributed by atoms with van der Waals surface area (Å²) in [6, 6.07) is 14.6. The Bertz CT molecular complexity index is 583. The highest BCUT2D eigenvalue weighted by molar-refractivity contribution is 5.86. The summed E-state index contributed by atoms with van der Waals surface area (Å²) in [5.41, 5.74) is 1.24. The van der Waals surface area contributed by atoms with E-state index in [0.717, 1.165) is 12.8 Å². The van der Waals surface area contributed by atoms with Gasteiger partial charge in [0.25, 0.3) is 0 Å². The molecule has 2 aromatic carbocycles. The summed E-state index contributed by atoms with van der Waals surface area (Å²) < 4.78 is 5.22. The van der Waals surface area contributed by atoms with E-state index in [9.17, 15) is 4.79 Å². The van der Waals surface area contributed by atoms with Crippen LogP contribution in [0.4, 0.5) is 0 Å². The lowest BCUT2D eigenvalue weighted by molar-refractivity contribution is -0.143. The van der Waals surface area contributed by atoms with Crippen LogP contribution in [-0.4, -0.2) is 12.1 Å². The Labute approximate surface area is 107 Å². The molecule has 1 fully saturated rings. The maximum atomic E-state index is 11.7. The Balaban J connectivity index is 1.93. The van der Waals surface area contributed by atoms with E-state index in [0.29, 0.717) is 0 Å². The zero-order valence-corrected chi connectivity index (χ0v) is 10.4. The number of esters is 1. The maximum Gasteiger partial charge on any atom is 0.309 e. The van der Waals surface area contributed by atoms with E-state index in [1.165, 1.54) is 16.3 Å². The fourth-order valence-electron chi connectivity index (χ4n) is 2.74. The molecule has 0 radical (unpaired) electrons. The first-order valence-corrected chi connectivity index (χ1v) is 6.41. The molecule has 1 aliphatic rings. The van der Waals surface area contributed by atoms with Crippen molar-refractivity contribution in [2.24, 2.45) is 5.92 Å². The lowest BCUT2D eigenvalue weighted by Crippen LogP contribution is -2.10. The molecule has 0 aromatic heterocycles. The van der Waals surface area contributed by atoms with Crippen LogP contribution in [0.1, 0.15) is 18.9 Å². The first-order valence-electron chi connectivity index (χ1n) is 6.41. The van der Waals surface area contributed by atoms with Gasteiger partial charge >= 0.3 is 5.97 Å². The van der Waals surface area contributed by atoms with Gasteiger partial charge in [0, 0.05) is 0 Å². The molecule has 0 bridgehead atoms. The zero-order chi connectivity index (χ0) is 12.5. The average molecular weight is 240 g/mol. The van der Waals surface area contributed by atoms with Gasteiger partial charge in [-0.05, 0) is 36.1 Å². The van der Waals surface area contributed by atoms with Crippen molar-refractivity contribution < 1.29 is 9.53 Å². The molecule has 0 saturated carbocycles. The monoisotopic (exact) mass is 240 g/mol. The molecular formula is C16H16O2. The molecule has 92 valence electrons. The Morgan fingerprint density at radius 2 is 1.94 bits per heavy atom. The molecular weight excluding hydrogens is 224 g/mol. The number of ether oxygens (including phenoxy) is 1. The molecule has 1 heterocycles. The van der Waals surface area contributed by atoms with Crippen molar-refractivity contribution in [1.29, 1.82) is 0 Å². The van der Waals surface area contributed by atoms with Crippen molar-refractivity contribution in [3.05, 3.63) is 48.0 Å². The number of benzene rings is 2. The summed E-state index contributed by atoms with van der Waals surface area (Å²) in [4.78, 5) is 11.7. The number of carbonyl (C=O) groups excluding carboxylic acids is 1. The number of hydrogen-bond acceptors (Lipinski definition) is 2. The molecule has 1 aliphatic heterocycles. The molecule has 2 nitrogen and oxygen atoms in total. The highest BCUT2D eigenvalue weighted by atomic mass is 16.5. The second-order valence-corrected chi connectivity index (χ2v) is 5.02. The van der Waals surface area contributed by atoms with Crippen LogP contribution in [0.2, 0.25) is 0 Å². The van der Waals surface area contributed by atoms with E-state index in [1.54, 1.807) is 0 Å². The molecule has 0 amide bonds. The van der Waals surface area contributed by atoms with Gasteiger partial charge in [0.1, 0.15) is 0 Å². The summed E-state index contributed by atoms with van der Waals surface area (Å²) in [5.74, 6) is -0.0266. The number of fused-ring (bicyclic) bond motifs is 1. The number of carbonyl (C=O) groups is 1. The number of hydrogen-bond donors (Lipinski definition) is 0. The van der Waals surface area contributed by atoms with Crippen LogP contribution < -0.4 is 0 Å². The SMILES string of the molecule is C[C@H]1C[C@H](Cc2cccc3ccccc23)C(=O)O1. The molecule has 0 aliphatic carbocycles. The smallest absolute Gasteiger partial charge is 0.309 e. The van der Waals surface area contributed by atoms with Gasteiger partial charge in [0.05, 0.1) is 12.0 Å². The van der Waals surface area contributed by atoms with Gasteiger partial charge in [-0.3, -0.25) is 4.79 Å². The van der Waals surface area contributed by atoms with E-state index < -0.39 is 0 Å². The minimum absolute atomic E-state index is 0.0193. The molecule has 18 heavy (non-hydrogen) atoms. The van der Waals surface area contributed by atoms with Gasteiger partial charge in [0.15, 0.2) is 0 Å². The quantitative estimate of drug-likeness (QED) is 0.753. The van der Waals surface area contributed by atoms with Crippen LogP contribution in [0.25, 0.3) is 10.8 Å². The minimum Gasteiger partial charge on any atom is -0.462 e. The topological polar surface area (TPSA) is 26.3 Å². The van der Waals surface area contributed by atoms with Crippen LogP contribution in [-0.2, 0) is 16.0 Å². The lowest BCUT2D eigenvalue weighted by atomic mass is 9.93. The van der Waals surface area contributed by atoms with Gasteiger partial charge in [0.2, 0.25) is 0 Å². The largest absolute Gasteiger partial charge is 0.462 e. The van der Waals surface area contributed by atoms with Crippen LogP contribution in [0.15, 0.2) is 42.5 Å². The predicted molar refractivity (Wildman–Crippen MR) is 71.3 cm³/mol. The average Bonchev–Trinajstić information content (AvgIpc) is 2.68. The third-order valence-corrected chi connectivity index (χ3v) is 3.61. The van der Waals surface area contributed by atoms with Gasteiger partial charge in [-0.1, -0.05) is 42.5 Å². The van der Waals surface area contributed by atoms with E-state index in [4.69, 9.17) is 4.74 Å². The maximum absolute atomic E-state index is 11.7. The summed E-state index contributed by atoms with van der Waals surface area (Å²) in [7, 11) is 0. The third-order valence-electron chi connectivity index (χ3n) is 3.61. The number of rotatable bonds is 2. The molecule has 2 heteroatoms. The van der Waals surface area contributed by atoms with Crippen molar-refractivity contribution >= 4 is 16.7 Å². The highest BCUT2D eigenvalue weighted by Gasteiger charge is 2.31. The second kappa shape index (κ2) is 4.45. The normalized spacial score (nSPS) is 23.3. The summed E-state index contributed by atoms with van der Waals surface area (Å²) in [6.45, 7) is 1.96. The Hall–Kier alpha value is -1.83. The highest BCUT2D eigenvalue weighted by Crippen LogP contribution is 2.27. The van der Waals surface area contributed by atoms with Gasteiger partial charge in [-0.2, -0.15) is 0 Å². The van der Waals surface area contributed by atoms with Crippen molar-refractivity contribution in [2.45, 2.75) is 25.9 Å². The Morgan fingerprint density at radius 1 is 1.17 bits per heavy atom. The Morgan fingerprint density at radius 3 is 2.72 bits per heavy atom. The first kappa shape index (κ1) is 11.3. The van der Waals surface area contributed by atoms with E-state index in [2.05, 4.69) is 30.3 Å².